The Kier molecular flexibility index (Phi) is 5.06. The van der Waals surface area contributed by atoms with Gasteiger partial charge in [0, 0.05) is 18.7 Å². The van der Waals surface area contributed by atoms with Crippen molar-refractivity contribution in [1.82, 2.24) is 15.6 Å². The largest absolute Gasteiger partial charge is 0.354 e. The third-order valence-corrected chi connectivity index (χ3v) is 3.18. The van der Waals surface area contributed by atoms with Gasteiger partial charge in [0.15, 0.2) is 0 Å². The van der Waals surface area contributed by atoms with Gasteiger partial charge in [0.1, 0.15) is 5.82 Å². The molecule has 1 fully saturated rings. The molecule has 1 aromatic rings. The smallest absolute Gasteiger partial charge is 0.237 e. The second kappa shape index (κ2) is 7.00. The number of carbonyl (C=O) groups is 2. The quantitative estimate of drug-likeness (QED) is 0.735. The van der Waals surface area contributed by atoms with Crippen LogP contribution in [0.4, 0.5) is 5.82 Å². The van der Waals surface area contributed by atoms with E-state index in [4.69, 9.17) is 0 Å². The zero-order chi connectivity index (χ0) is 14.4. The molecule has 1 saturated heterocycles. The van der Waals surface area contributed by atoms with Crippen LogP contribution in [0.2, 0.25) is 0 Å². The van der Waals surface area contributed by atoms with Crippen LogP contribution in [0.3, 0.4) is 0 Å². The number of nitrogens with one attached hydrogen (secondary N) is 3. The third kappa shape index (κ3) is 4.31. The predicted molar refractivity (Wildman–Crippen MR) is 76.3 cm³/mol. The minimum absolute atomic E-state index is 0.0241. The van der Waals surface area contributed by atoms with Gasteiger partial charge in [-0.3, -0.25) is 9.59 Å². The molecule has 2 amide bonds. The highest BCUT2D eigenvalue weighted by molar-refractivity contribution is 5.90. The van der Waals surface area contributed by atoms with Crippen LogP contribution in [0.5, 0.6) is 0 Å². The third-order valence-electron chi connectivity index (χ3n) is 3.18. The highest BCUT2D eigenvalue weighted by atomic mass is 16.2. The average molecular weight is 276 g/mol. The first kappa shape index (κ1) is 14.5. The Morgan fingerprint density at radius 3 is 3.00 bits per heavy atom. The van der Waals surface area contributed by atoms with Gasteiger partial charge in [0.05, 0.1) is 6.04 Å². The molecule has 2 rings (SSSR count). The van der Waals surface area contributed by atoms with E-state index in [1.165, 1.54) is 0 Å². The van der Waals surface area contributed by atoms with Crippen LogP contribution in [0, 0.1) is 6.92 Å². The predicted octanol–water partition coefficient (Wildman–Crippen LogP) is 0.587. The lowest BCUT2D eigenvalue weighted by Crippen LogP contribution is -2.41. The van der Waals surface area contributed by atoms with Crippen LogP contribution < -0.4 is 16.0 Å². The number of rotatable bonds is 5. The summed E-state index contributed by atoms with van der Waals surface area (Å²) in [5.74, 6) is 0.366. The summed E-state index contributed by atoms with van der Waals surface area (Å²) in [6, 6.07) is 5.35. The fraction of sp³-hybridized carbons (Fsp3) is 0.500. The fourth-order valence-electron chi connectivity index (χ4n) is 2.15. The Morgan fingerprint density at radius 1 is 1.45 bits per heavy atom. The molecule has 1 atom stereocenters. The summed E-state index contributed by atoms with van der Waals surface area (Å²) in [4.78, 5) is 27.6. The molecule has 3 N–H and O–H groups in total. The van der Waals surface area contributed by atoms with Crippen molar-refractivity contribution in [3.63, 3.8) is 0 Å². The molecule has 0 bridgehead atoms. The number of aryl methyl sites for hydroxylation is 1. The molecular formula is C14H20N4O2. The molecule has 0 radical (unpaired) electrons. The summed E-state index contributed by atoms with van der Waals surface area (Å²) in [7, 11) is 0. The number of amides is 2. The lowest BCUT2D eigenvalue weighted by Gasteiger charge is -2.11. The highest BCUT2D eigenvalue weighted by Crippen LogP contribution is 2.05. The molecule has 1 unspecified atom stereocenters. The number of aromatic nitrogens is 1. The average Bonchev–Trinajstić information content (AvgIpc) is 2.92. The maximum Gasteiger partial charge on any atom is 0.237 e. The molecular weight excluding hydrogens is 256 g/mol. The SMILES string of the molecule is Cc1cccc(NC(=O)CCNC(=O)C2CCCN2)n1. The van der Waals surface area contributed by atoms with Crippen molar-refractivity contribution in [2.24, 2.45) is 0 Å². The molecule has 6 nitrogen and oxygen atoms in total. The second-order valence-electron chi connectivity index (χ2n) is 4.90. The van der Waals surface area contributed by atoms with Gasteiger partial charge in [-0.25, -0.2) is 4.98 Å². The topological polar surface area (TPSA) is 83.1 Å². The Labute approximate surface area is 118 Å². The van der Waals surface area contributed by atoms with Gasteiger partial charge in [-0.2, -0.15) is 0 Å². The van der Waals surface area contributed by atoms with E-state index in [1.54, 1.807) is 6.07 Å². The lowest BCUT2D eigenvalue weighted by molar-refractivity contribution is -0.122. The van der Waals surface area contributed by atoms with Crippen molar-refractivity contribution < 1.29 is 9.59 Å². The van der Waals surface area contributed by atoms with Crippen LogP contribution in [0.15, 0.2) is 18.2 Å². The van der Waals surface area contributed by atoms with E-state index < -0.39 is 0 Å². The van der Waals surface area contributed by atoms with Crippen LogP contribution in [-0.2, 0) is 9.59 Å². The van der Waals surface area contributed by atoms with Gasteiger partial charge in [-0.05, 0) is 38.4 Å². The molecule has 1 aliphatic rings. The van der Waals surface area contributed by atoms with E-state index >= 15 is 0 Å². The minimum Gasteiger partial charge on any atom is -0.354 e. The molecule has 0 aromatic carbocycles. The van der Waals surface area contributed by atoms with Gasteiger partial charge in [-0.15, -0.1) is 0 Å². The summed E-state index contributed by atoms with van der Waals surface area (Å²) in [6.45, 7) is 3.09. The van der Waals surface area contributed by atoms with E-state index in [0.29, 0.717) is 12.4 Å². The summed E-state index contributed by atoms with van der Waals surface area (Å²) in [5, 5.41) is 8.60. The van der Waals surface area contributed by atoms with Crippen molar-refractivity contribution >= 4 is 17.6 Å². The first-order chi connectivity index (χ1) is 9.65. The molecule has 1 aromatic heterocycles. The zero-order valence-corrected chi connectivity index (χ0v) is 11.6. The molecule has 0 aliphatic carbocycles. The fourth-order valence-corrected chi connectivity index (χ4v) is 2.15. The molecule has 6 heteroatoms. The van der Waals surface area contributed by atoms with E-state index in [0.717, 1.165) is 25.1 Å². The van der Waals surface area contributed by atoms with E-state index in [-0.39, 0.29) is 24.3 Å². The Bertz CT molecular complexity index is 484. The second-order valence-corrected chi connectivity index (χ2v) is 4.90. The summed E-state index contributed by atoms with van der Waals surface area (Å²) >= 11 is 0. The van der Waals surface area contributed by atoms with Crippen molar-refractivity contribution in [3.8, 4) is 0 Å². The van der Waals surface area contributed by atoms with Gasteiger partial charge < -0.3 is 16.0 Å². The van der Waals surface area contributed by atoms with Gasteiger partial charge in [0.25, 0.3) is 0 Å². The minimum atomic E-state index is -0.150. The Hall–Kier alpha value is -1.95. The van der Waals surface area contributed by atoms with Crippen LogP contribution >= 0.6 is 0 Å². The van der Waals surface area contributed by atoms with Gasteiger partial charge >= 0.3 is 0 Å². The van der Waals surface area contributed by atoms with Gasteiger partial charge in [0.2, 0.25) is 11.8 Å². The number of hydrogen-bond acceptors (Lipinski definition) is 4. The lowest BCUT2D eigenvalue weighted by atomic mass is 10.2. The molecule has 108 valence electrons. The van der Waals surface area contributed by atoms with Crippen molar-refractivity contribution in [1.29, 1.82) is 0 Å². The normalized spacial score (nSPS) is 17.8. The standard InChI is InChI=1S/C14H20N4O2/c1-10-4-2-6-12(17-10)18-13(19)7-9-16-14(20)11-5-3-8-15-11/h2,4,6,11,15H,3,5,7-9H2,1H3,(H,16,20)(H,17,18,19). The van der Waals surface area contributed by atoms with E-state index in [9.17, 15) is 9.59 Å². The van der Waals surface area contributed by atoms with Crippen LogP contribution in [-0.4, -0.2) is 35.9 Å². The molecule has 2 heterocycles. The number of pyridine rings is 1. The maximum atomic E-state index is 11.7. The molecule has 0 saturated carbocycles. The highest BCUT2D eigenvalue weighted by Gasteiger charge is 2.21. The van der Waals surface area contributed by atoms with Crippen molar-refractivity contribution in [3.05, 3.63) is 23.9 Å². The number of nitrogens with zero attached hydrogens (tertiary/aromatic N) is 1. The first-order valence-corrected chi connectivity index (χ1v) is 6.90. The number of carbonyl (C=O) groups excluding carboxylic acids is 2. The monoisotopic (exact) mass is 276 g/mol. The summed E-state index contributed by atoms with van der Waals surface area (Å²) < 4.78 is 0. The number of hydrogen-bond donors (Lipinski definition) is 3. The molecule has 0 spiro atoms. The molecule has 1 aliphatic heterocycles. The zero-order valence-electron chi connectivity index (χ0n) is 11.6. The first-order valence-electron chi connectivity index (χ1n) is 6.90. The van der Waals surface area contributed by atoms with E-state index in [1.807, 2.05) is 19.1 Å². The van der Waals surface area contributed by atoms with Gasteiger partial charge in [-0.1, -0.05) is 6.07 Å². The van der Waals surface area contributed by atoms with E-state index in [2.05, 4.69) is 20.9 Å². The van der Waals surface area contributed by atoms with Crippen LogP contribution in [0.25, 0.3) is 0 Å². The number of anilines is 1. The van der Waals surface area contributed by atoms with Crippen molar-refractivity contribution in [2.45, 2.75) is 32.2 Å². The molecule has 20 heavy (non-hydrogen) atoms. The maximum absolute atomic E-state index is 11.7. The summed E-state index contributed by atoms with van der Waals surface area (Å²) in [5.41, 5.74) is 0.850. The Morgan fingerprint density at radius 2 is 2.30 bits per heavy atom. The van der Waals surface area contributed by atoms with Crippen molar-refractivity contribution in [2.75, 3.05) is 18.4 Å². The summed E-state index contributed by atoms with van der Waals surface area (Å²) in [6.07, 6.45) is 2.14. The Balaban J connectivity index is 1.68. The van der Waals surface area contributed by atoms with Crippen LogP contribution in [0.1, 0.15) is 25.0 Å².